The second-order valence-electron chi connectivity index (χ2n) is 11.7. The molecule has 0 saturated heterocycles. The highest BCUT2D eigenvalue weighted by Gasteiger charge is 2.18. The maximum Gasteiger partial charge on any atom is 0.338 e. The third kappa shape index (κ3) is 14.7. The molecule has 0 N–H and O–H groups in total. The lowest BCUT2D eigenvalue weighted by Crippen LogP contribution is -3.00. The van der Waals surface area contributed by atoms with Crippen molar-refractivity contribution >= 4 is 34.6 Å². The Morgan fingerprint density at radius 3 is 1.30 bits per heavy atom. The molecule has 0 spiro atoms. The first-order chi connectivity index (χ1) is 21.4. The zero-order valence-electron chi connectivity index (χ0n) is 28.3. The van der Waals surface area contributed by atoms with E-state index in [0.29, 0.717) is 37.2 Å². The van der Waals surface area contributed by atoms with Gasteiger partial charge in [-0.1, -0.05) is 87.9 Å². The number of ether oxygens (including phenoxy) is 2. The fourth-order valence-corrected chi connectivity index (χ4v) is 7.34. The van der Waals surface area contributed by atoms with Gasteiger partial charge in [-0.15, -0.1) is 0 Å². The van der Waals surface area contributed by atoms with E-state index in [1.54, 1.807) is 46.9 Å². The number of thiazole rings is 2. The number of halogens is 2. The van der Waals surface area contributed by atoms with Crippen LogP contribution >= 0.6 is 22.7 Å². The molecule has 0 saturated carbocycles. The Balaban J connectivity index is 0.00000529. The molecule has 0 fully saturated rings. The SMILES string of the molecule is CCCCCCCC[n+]1csc(CCOC(=O)c2ccc(C(=O)OCCc3sc[n+](CCCCCCCC)c3C)cc2)c1C.[Br-].[Br-]. The van der Waals surface area contributed by atoms with Crippen LogP contribution in [-0.2, 0) is 35.4 Å². The summed E-state index contributed by atoms with van der Waals surface area (Å²) in [6.45, 7) is 11.6. The second-order valence-corrected chi connectivity index (χ2v) is 13.6. The first-order valence-electron chi connectivity index (χ1n) is 16.8. The normalized spacial score (nSPS) is 10.7. The highest BCUT2D eigenvalue weighted by atomic mass is 79.9. The van der Waals surface area contributed by atoms with E-state index < -0.39 is 0 Å². The molecule has 0 aliphatic heterocycles. The van der Waals surface area contributed by atoms with Crippen molar-refractivity contribution in [2.24, 2.45) is 0 Å². The van der Waals surface area contributed by atoms with Gasteiger partial charge in [0, 0.05) is 39.5 Å². The summed E-state index contributed by atoms with van der Waals surface area (Å²) < 4.78 is 15.8. The Labute approximate surface area is 306 Å². The number of unbranched alkanes of at least 4 members (excludes halogenated alkanes) is 10. The first kappa shape index (κ1) is 42.4. The minimum absolute atomic E-state index is 0. The summed E-state index contributed by atoms with van der Waals surface area (Å²) in [7, 11) is 0. The zero-order valence-corrected chi connectivity index (χ0v) is 33.1. The highest BCUT2D eigenvalue weighted by molar-refractivity contribution is 7.09. The molecule has 0 amide bonds. The monoisotopic (exact) mass is 800 g/mol. The van der Waals surface area contributed by atoms with Crippen LogP contribution in [0.25, 0.3) is 0 Å². The topological polar surface area (TPSA) is 60.4 Å². The second kappa shape index (κ2) is 24.5. The number of esters is 2. The molecule has 1 aromatic carbocycles. The van der Waals surface area contributed by atoms with Gasteiger partial charge in [0.1, 0.15) is 13.1 Å². The van der Waals surface area contributed by atoms with Gasteiger partial charge in [0.2, 0.25) is 11.0 Å². The molecule has 2 aromatic heterocycles. The Morgan fingerprint density at radius 2 is 0.935 bits per heavy atom. The third-order valence-corrected chi connectivity index (χ3v) is 10.6. The van der Waals surface area contributed by atoms with Crippen LogP contribution in [0.3, 0.4) is 0 Å². The van der Waals surface area contributed by atoms with Crippen molar-refractivity contribution < 1.29 is 62.2 Å². The molecule has 0 aliphatic carbocycles. The molecule has 10 heteroatoms. The molecule has 0 aliphatic rings. The number of carbonyl (C=O) groups is 2. The number of nitrogens with zero attached hydrogens (tertiary/aromatic N) is 2. The number of aryl methyl sites for hydroxylation is 2. The summed E-state index contributed by atoms with van der Waals surface area (Å²) in [6, 6.07) is 6.55. The van der Waals surface area contributed by atoms with E-state index >= 15 is 0 Å². The number of carbonyl (C=O) groups excluding carboxylic acids is 2. The smallest absolute Gasteiger partial charge is 0.338 e. The van der Waals surface area contributed by atoms with Gasteiger partial charge in [-0.3, -0.25) is 0 Å². The molecule has 0 unspecified atom stereocenters. The maximum absolute atomic E-state index is 12.6. The number of rotatable bonds is 22. The number of benzene rings is 1. The number of hydrogen-bond donors (Lipinski definition) is 0. The fourth-order valence-electron chi connectivity index (χ4n) is 5.33. The van der Waals surface area contributed by atoms with Gasteiger partial charge in [0.15, 0.2) is 11.4 Å². The van der Waals surface area contributed by atoms with Crippen molar-refractivity contribution in [3.05, 3.63) is 67.6 Å². The summed E-state index contributed by atoms with van der Waals surface area (Å²) in [5.41, 5.74) is 7.78. The quantitative estimate of drug-likeness (QED) is 0.0892. The van der Waals surface area contributed by atoms with Crippen LogP contribution in [0.15, 0.2) is 35.3 Å². The van der Waals surface area contributed by atoms with Crippen LogP contribution in [0, 0.1) is 13.8 Å². The van der Waals surface area contributed by atoms with E-state index in [1.807, 2.05) is 0 Å². The van der Waals surface area contributed by atoms with E-state index in [4.69, 9.17) is 9.47 Å². The largest absolute Gasteiger partial charge is 1.00 e. The zero-order chi connectivity index (χ0) is 31.6. The van der Waals surface area contributed by atoms with Gasteiger partial charge in [0.25, 0.3) is 0 Å². The average Bonchev–Trinajstić information content (AvgIpc) is 3.57. The average molecular weight is 803 g/mol. The van der Waals surface area contributed by atoms with E-state index in [-0.39, 0.29) is 45.9 Å². The first-order valence-corrected chi connectivity index (χ1v) is 18.6. The van der Waals surface area contributed by atoms with Gasteiger partial charge >= 0.3 is 11.9 Å². The molecule has 3 rings (SSSR count). The predicted octanol–water partition coefficient (Wildman–Crippen LogP) is 2.53. The van der Waals surface area contributed by atoms with Crippen LogP contribution in [0.2, 0.25) is 0 Å². The highest BCUT2D eigenvalue weighted by Crippen LogP contribution is 2.16. The van der Waals surface area contributed by atoms with Crippen molar-refractivity contribution in [2.75, 3.05) is 13.2 Å². The Morgan fingerprint density at radius 1 is 0.587 bits per heavy atom. The Hall–Kier alpha value is -1.62. The summed E-state index contributed by atoms with van der Waals surface area (Å²) >= 11 is 3.47. The van der Waals surface area contributed by atoms with Crippen molar-refractivity contribution in [3.8, 4) is 0 Å². The summed E-state index contributed by atoms with van der Waals surface area (Å²) in [4.78, 5) is 27.7. The molecule has 258 valence electrons. The van der Waals surface area contributed by atoms with Crippen LogP contribution in [0.1, 0.15) is 133 Å². The molecule has 0 bridgehead atoms. The van der Waals surface area contributed by atoms with E-state index in [9.17, 15) is 9.59 Å². The molecule has 3 aromatic rings. The minimum Gasteiger partial charge on any atom is -1.00 e. The number of hydrogen-bond acceptors (Lipinski definition) is 6. The molecule has 46 heavy (non-hydrogen) atoms. The molecule has 6 nitrogen and oxygen atoms in total. The van der Waals surface area contributed by atoms with Gasteiger partial charge in [-0.25, -0.2) is 9.59 Å². The van der Waals surface area contributed by atoms with Crippen molar-refractivity contribution in [1.82, 2.24) is 0 Å². The Kier molecular flexibility index (Phi) is 22.6. The lowest BCUT2D eigenvalue weighted by Gasteiger charge is -2.06. The number of aromatic nitrogens is 2. The molecule has 0 radical (unpaired) electrons. The van der Waals surface area contributed by atoms with Gasteiger partial charge in [-0.05, 0) is 37.1 Å². The molecular formula is C36H54Br2N2O4S2. The van der Waals surface area contributed by atoms with Crippen LogP contribution in [-0.4, -0.2) is 25.2 Å². The summed E-state index contributed by atoms with van der Waals surface area (Å²) in [5, 5.41) is 0. The van der Waals surface area contributed by atoms with E-state index in [1.165, 1.54) is 98.2 Å². The van der Waals surface area contributed by atoms with Gasteiger partial charge in [-0.2, -0.15) is 9.13 Å². The lowest BCUT2D eigenvalue weighted by atomic mass is 10.1. The summed E-state index contributed by atoms with van der Waals surface area (Å²) in [6.07, 6.45) is 16.9. The van der Waals surface area contributed by atoms with Crippen LogP contribution < -0.4 is 43.1 Å². The van der Waals surface area contributed by atoms with Crippen LogP contribution in [0.5, 0.6) is 0 Å². The molecule has 0 atom stereocenters. The third-order valence-electron chi connectivity index (χ3n) is 8.30. The molecular weight excluding hydrogens is 748 g/mol. The van der Waals surface area contributed by atoms with Crippen LogP contribution in [0.4, 0.5) is 0 Å². The molecule has 2 heterocycles. The summed E-state index contributed by atoms with van der Waals surface area (Å²) in [5.74, 6) is -0.747. The van der Waals surface area contributed by atoms with Gasteiger partial charge < -0.3 is 43.4 Å². The fraction of sp³-hybridized carbons (Fsp3) is 0.611. The van der Waals surface area contributed by atoms with E-state index in [0.717, 1.165) is 13.1 Å². The maximum atomic E-state index is 12.6. The van der Waals surface area contributed by atoms with Gasteiger partial charge in [0.05, 0.1) is 34.1 Å². The minimum atomic E-state index is -0.374. The Bertz CT molecular complexity index is 1180. The lowest BCUT2D eigenvalue weighted by molar-refractivity contribution is -0.698. The van der Waals surface area contributed by atoms with Crippen molar-refractivity contribution in [3.63, 3.8) is 0 Å². The van der Waals surface area contributed by atoms with Crippen molar-refractivity contribution in [2.45, 2.75) is 131 Å². The predicted molar refractivity (Wildman–Crippen MR) is 180 cm³/mol. The van der Waals surface area contributed by atoms with E-state index in [2.05, 4.69) is 47.9 Å². The van der Waals surface area contributed by atoms with Crippen molar-refractivity contribution in [1.29, 1.82) is 0 Å². The standard InChI is InChI=1S/C36H54N2O4S2.2BrH/c1-5-7-9-11-13-15-23-37-27-43-33(29(37)3)21-25-41-35(39)31-17-19-32(20-18-31)36(40)42-26-22-34-30(4)38(28-44-34)24-16-14-12-10-8-6-2;;/h17-20,27-28H,5-16,21-26H2,1-4H3;2*1H/q+2;;/p-2.